The zero-order chi connectivity index (χ0) is 16.7. The number of likely N-dealkylation sites (N-methyl/N-ethyl adjacent to an activating group) is 1. The summed E-state index contributed by atoms with van der Waals surface area (Å²) in [6.45, 7) is 5.12. The van der Waals surface area contributed by atoms with E-state index in [1.807, 2.05) is 6.07 Å². The van der Waals surface area contributed by atoms with Crippen molar-refractivity contribution in [2.75, 3.05) is 13.1 Å². The highest BCUT2D eigenvalue weighted by Gasteiger charge is 2.24. The van der Waals surface area contributed by atoms with Crippen LogP contribution >= 0.6 is 0 Å². The molecule has 3 aromatic rings. The number of nitrogens with zero attached hydrogens (tertiary/aromatic N) is 1. The quantitative estimate of drug-likeness (QED) is 0.641. The van der Waals surface area contributed by atoms with Crippen molar-refractivity contribution >= 4 is 17.1 Å². The molecule has 1 aliphatic rings. The second-order valence-corrected chi connectivity index (χ2v) is 6.32. The van der Waals surface area contributed by atoms with Gasteiger partial charge in [0.1, 0.15) is 0 Å². The van der Waals surface area contributed by atoms with Gasteiger partial charge in [0.05, 0.1) is 11.1 Å². The van der Waals surface area contributed by atoms with Crippen LogP contribution in [-0.4, -0.2) is 34.3 Å². The second-order valence-electron chi connectivity index (χ2n) is 6.32. The van der Waals surface area contributed by atoms with Gasteiger partial charge in [-0.05, 0) is 41.3 Å². The van der Waals surface area contributed by atoms with Gasteiger partial charge in [0.2, 0.25) is 0 Å². The van der Waals surface area contributed by atoms with Crippen LogP contribution in [0.3, 0.4) is 0 Å². The molecule has 0 atom stereocenters. The highest BCUT2D eigenvalue weighted by atomic mass is 16.3. The van der Waals surface area contributed by atoms with E-state index in [1.165, 1.54) is 28.5 Å². The summed E-state index contributed by atoms with van der Waals surface area (Å²) in [7, 11) is 0. The van der Waals surface area contributed by atoms with Crippen LogP contribution in [0.25, 0.3) is 22.0 Å². The average molecular weight is 319 g/mol. The van der Waals surface area contributed by atoms with E-state index in [4.69, 9.17) is 5.41 Å². The van der Waals surface area contributed by atoms with E-state index < -0.39 is 0 Å². The highest BCUT2D eigenvalue weighted by molar-refractivity contribution is 6.04. The van der Waals surface area contributed by atoms with E-state index in [9.17, 15) is 5.11 Å². The molecule has 0 radical (unpaired) electrons. The van der Waals surface area contributed by atoms with Gasteiger partial charge in [0.25, 0.3) is 0 Å². The van der Waals surface area contributed by atoms with Crippen molar-refractivity contribution in [2.24, 2.45) is 0 Å². The Morgan fingerprint density at radius 1 is 1.25 bits per heavy atom. The monoisotopic (exact) mass is 319 g/mol. The van der Waals surface area contributed by atoms with Crippen LogP contribution in [0, 0.1) is 5.41 Å². The summed E-state index contributed by atoms with van der Waals surface area (Å²) < 4.78 is 0. The van der Waals surface area contributed by atoms with E-state index >= 15 is 0 Å². The van der Waals surface area contributed by atoms with Crippen molar-refractivity contribution in [1.29, 1.82) is 5.41 Å². The fraction of sp³-hybridized carbons (Fsp3) is 0.250. The number of fused-ring (bicyclic) bond motifs is 3. The summed E-state index contributed by atoms with van der Waals surface area (Å²) in [5.74, 6) is 0.0843. The molecular weight excluding hydrogens is 298 g/mol. The first kappa shape index (κ1) is 15.0. The third kappa shape index (κ3) is 2.22. The summed E-state index contributed by atoms with van der Waals surface area (Å²) in [4.78, 5) is 5.52. The molecule has 122 valence electrons. The molecule has 0 unspecified atom stereocenters. The van der Waals surface area contributed by atoms with Gasteiger partial charge in [0, 0.05) is 24.7 Å². The summed E-state index contributed by atoms with van der Waals surface area (Å²) in [5, 5.41) is 18.8. The number of hydrogen-bond acceptors (Lipinski definition) is 3. The number of H-pyrrole nitrogens is 1. The Morgan fingerprint density at radius 3 is 2.75 bits per heavy atom. The predicted molar refractivity (Wildman–Crippen MR) is 97.9 cm³/mol. The lowest BCUT2D eigenvalue weighted by Gasteiger charge is -2.29. The van der Waals surface area contributed by atoms with Gasteiger partial charge in [-0.25, -0.2) is 0 Å². The molecule has 3 N–H and O–H groups in total. The number of aromatic nitrogens is 1. The molecule has 24 heavy (non-hydrogen) atoms. The third-order valence-electron chi connectivity index (χ3n) is 5.07. The van der Waals surface area contributed by atoms with E-state index in [0.29, 0.717) is 5.56 Å². The van der Waals surface area contributed by atoms with E-state index in [1.54, 1.807) is 0 Å². The lowest BCUT2D eigenvalue weighted by Crippen LogP contribution is -2.30. The molecule has 4 heteroatoms. The molecule has 1 aliphatic heterocycles. The van der Waals surface area contributed by atoms with Crippen LogP contribution in [-0.2, 0) is 13.0 Å². The Hall–Kier alpha value is -2.59. The first-order chi connectivity index (χ1) is 11.7. The van der Waals surface area contributed by atoms with Crippen molar-refractivity contribution in [3.05, 3.63) is 53.1 Å². The van der Waals surface area contributed by atoms with Gasteiger partial charge < -0.3 is 15.5 Å². The van der Waals surface area contributed by atoms with Crippen LogP contribution < -0.4 is 0 Å². The van der Waals surface area contributed by atoms with Gasteiger partial charge in [0.15, 0.2) is 5.88 Å². The third-order valence-corrected chi connectivity index (χ3v) is 5.07. The summed E-state index contributed by atoms with van der Waals surface area (Å²) in [6, 6.07) is 12.5. The molecule has 0 fully saturated rings. The normalized spacial score (nSPS) is 14.7. The molecule has 2 aromatic carbocycles. The minimum atomic E-state index is 0.0843. The Bertz CT molecular complexity index is 912. The van der Waals surface area contributed by atoms with Crippen LogP contribution in [0.1, 0.15) is 23.6 Å². The van der Waals surface area contributed by atoms with Crippen LogP contribution in [0.2, 0.25) is 0 Å². The maximum absolute atomic E-state index is 10.2. The summed E-state index contributed by atoms with van der Waals surface area (Å²) in [5.41, 5.74) is 6.56. The van der Waals surface area contributed by atoms with Gasteiger partial charge in [-0.15, -0.1) is 0 Å². The molecule has 0 spiro atoms. The number of benzene rings is 2. The average Bonchev–Trinajstić information content (AvgIpc) is 2.96. The van der Waals surface area contributed by atoms with Crippen LogP contribution in [0.4, 0.5) is 0 Å². The Balaban J connectivity index is 2.04. The minimum absolute atomic E-state index is 0.0843. The number of rotatable bonds is 3. The molecule has 0 bridgehead atoms. The van der Waals surface area contributed by atoms with Crippen molar-refractivity contribution < 1.29 is 5.11 Å². The number of aromatic hydroxyl groups is 1. The first-order valence-electron chi connectivity index (χ1n) is 8.40. The smallest absolute Gasteiger partial charge is 0.198 e. The largest absolute Gasteiger partial charge is 0.494 e. The Kier molecular flexibility index (Phi) is 3.62. The van der Waals surface area contributed by atoms with E-state index in [0.717, 1.165) is 37.0 Å². The topological polar surface area (TPSA) is 63.1 Å². The summed E-state index contributed by atoms with van der Waals surface area (Å²) >= 11 is 0. The minimum Gasteiger partial charge on any atom is -0.494 e. The standard InChI is InChI=1S/C20H21N3O/c1-2-23-9-8-14-15(13-6-4-3-5-7-13)10-16-17(11-21)20(24)22-19(16)18(14)12-23/h3-7,10-11,21-22,24H,2,8-9,12H2,1H3. The second kappa shape index (κ2) is 5.80. The molecule has 0 aliphatic carbocycles. The summed E-state index contributed by atoms with van der Waals surface area (Å²) in [6.07, 6.45) is 2.23. The van der Waals surface area contributed by atoms with Gasteiger partial charge in [-0.1, -0.05) is 37.3 Å². The van der Waals surface area contributed by atoms with Crippen LogP contribution in [0.15, 0.2) is 36.4 Å². The highest BCUT2D eigenvalue weighted by Crippen LogP contribution is 2.38. The molecule has 0 amide bonds. The molecule has 0 saturated heterocycles. The molecule has 0 saturated carbocycles. The molecule has 1 aromatic heterocycles. The zero-order valence-electron chi connectivity index (χ0n) is 13.8. The fourth-order valence-corrected chi connectivity index (χ4v) is 3.77. The Morgan fingerprint density at radius 2 is 2.04 bits per heavy atom. The van der Waals surface area contributed by atoms with Crippen molar-refractivity contribution in [2.45, 2.75) is 19.9 Å². The maximum Gasteiger partial charge on any atom is 0.198 e. The number of aromatic amines is 1. The maximum atomic E-state index is 10.2. The Labute approximate surface area is 141 Å². The van der Waals surface area contributed by atoms with Crippen molar-refractivity contribution in [3.63, 3.8) is 0 Å². The lowest BCUT2D eigenvalue weighted by molar-refractivity contribution is 0.269. The zero-order valence-corrected chi connectivity index (χ0v) is 13.8. The molecule has 4 rings (SSSR count). The van der Waals surface area contributed by atoms with Crippen molar-refractivity contribution in [3.8, 4) is 17.0 Å². The fourth-order valence-electron chi connectivity index (χ4n) is 3.77. The van der Waals surface area contributed by atoms with Gasteiger partial charge in [-0.2, -0.15) is 0 Å². The molecular formula is C20H21N3O. The van der Waals surface area contributed by atoms with Crippen LogP contribution in [0.5, 0.6) is 5.88 Å². The number of hydrogen-bond donors (Lipinski definition) is 3. The van der Waals surface area contributed by atoms with E-state index in [2.05, 4.69) is 47.1 Å². The van der Waals surface area contributed by atoms with E-state index in [-0.39, 0.29) is 5.88 Å². The first-order valence-corrected chi connectivity index (χ1v) is 8.40. The van der Waals surface area contributed by atoms with Gasteiger partial charge in [-0.3, -0.25) is 4.90 Å². The molecule has 2 heterocycles. The number of nitrogens with one attached hydrogen (secondary N) is 2. The SMILES string of the molecule is CCN1CCc2c(-c3ccccc3)cc3c(C=N)c(O)[nH]c3c2C1. The lowest BCUT2D eigenvalue weighted by atomic mass is 9.88. The van der Waals surface area contributed by atoms with Crippen molar-refractivity contribution in [1.82, 2.24) is 9.88 Å². The molecule has 4 nitrogen and oxygen atoms in total. The predicted octanol–water partition coefficient (Wildman–Crippen LogP) is 3.92. The van der Waals surface area contributed by atoms with Gasteiger partial charge >= 0.3 is 0 Å².